The lowest BCUT2D eigenvalue weighted by molar-refractivity contribution is -0.122. The topological polar surface area (TPSA) is 105 Å². The van der Waals surface area contributed by atoms with Gasteiger partial charge in [-0.2, -0.15) is 0 Å². The van der Waals surface area contributed by atoms with E-state index < -0.39 is 5.91 Å². The highest BCUT2D eigenvalue weighted by atomic mass is 79.9. The first-order chi connectivity index (χ1) is 19.5. The molecular formula is C29H26BrCl2N5O4. The molecule has 0 atom stereocenters. The Balaban J connectivity index is 1.38. The Morgan fingerprint density at radius 3 is 2.56 bits per heavy atom. The Labute approximate surface area is 255 Å². The van der Waals surface area contributed by atoms with Gasteiger partial charge in [0, 0.05) is 42.5 Å². The largest absolute Gasteiger partial charge is 0.485 e. The number of pyridine rings is 1. The fourth-order valence-corrected chi connectivity index (χ4v) is 4.87. The van der Waals surface area contributed by atoms with Crippen molar-refractivity contribution in [2.24, 2.45) is 0 Å². The van der Waals surface area contributed by atoms with E-state index in [0.717, 1.165) is 15.9 Å². The lowest BCUT2D eigenvalue weighted by atomic mass is 10.2. The van der Waals surface area contributed by atoms with Crippen LogP contribution in [-0.4, -0.2) is 40.7 Å². The summed E-state index contributed by atoms with van der Waals surface area (Å²) < 4.78 is 8.73. The number of benzene rings is 2. The summed E-state index contributed by atoms with van der Waals surface area (Å²) in [6, 6.07) is 13.9. The van der Waals surface area contributed by atoms with Crippen LogP contribution in [0, 0.1) is 6.92 Å². The van der Waals surface area contributed by atoms with Crippen LogP contribution in [0.1, 0.15) is 23.7 Å². The van der Waals surface area contributed by atoms with Crippen molar-refractivity contribution < 1.29 is 19.1 Å². The zero-order valence-electron chi connectivity index (χ0n) is 22.4. The van der Waals surface area contributed by atoms with Crippen LogP contribution in [0.15, 0.2) is 65.4 Å². The number of fused-ring (bicyclic) bond motifs is 1. The minimum atomic E-state index is -0.441. The number of imidazole rings is 1. The number of aromatic nitrogens is 2. The average Bonchev–Trinajstić information content (AvgIpc) is 3.24. The zero-order valence-corrected chi connectivity index (χ0v) is 25.5. The maximum atomic E-state index is 12.9. The number of hydrogen-bond donors (Lipinski definition) is 2. The number of rotatable bonds is 9. The maximum Gasteiger partial charge on any atom is 0.246 e. The highest BCUT2D eigenvalue weighted by Crippen LogP contribution is 2.35. The third-order valence-corrected chi connectivity index (χ3v) is 7.79. The Kier molecular flexibility index (Phi) is 9.69. The van der Waals surface area contributed by atoms with Gasteiger partial charge in [0.05, 0.1) is 22.9 Å². The summed E-state index contributed by atoms with van der Waals surface area (Å²) in [5, 5.41) is 5.89. The van der Waals surface area contributed by atoms with Crippen LogP contribution in [0.5, 0.6) is 5.75 Å². The fourth-order valence-electron chi connectivity index (χ4n) is 3.89. The van der Waals surface area contributed by atoms with Crippen molar-refractivity contribution in [1.29, 1.82) is 0 Å². The second-order valence-electron chi connectivity index (χ2n) is 9.01. The number of likely N-dealkylation sites (N-methyl/N-ethyl adjacent to an activating group) is 1. The highest BCUT2D eigenvalue weighted by Gasteiger charge is 2.19. The van der Waals surface area contributed by atoms with Gasteiger partial charge in [-0.1, -0.05) is 35.3 Å². The molecule has 2 heterocycles. The van der Waals surface area contributed by atoms with Gasteiger partial charge in [0.25, 0.3) is 0 Å². The van der Waals surface area contributed by atoms with Crippen LogP contribution in [0.25, 0.3) is 11.7 Å². The third-order valence-electron chi connectivity index (χ3n) is 6.06. The van der Waals surface area contributed by atoms with E-state index >= 15 is 0 Å². The van der Waals surface area contributed by atoms with Gasteiger partial charge >= 0.3 is 0 Å². The van der Waals surface area contributed by atoms with Crippen molar-refractivity contribution in [2.75, 3.05) is 23.8 Å². The van der Waals surface area contributed by atoms with Crippen molar-refractivity contribution in [3.8, 4) is 5.75 Å². The molecule has 0 aliphatic carbocycles. The Morgan fingerprint density at radius 1 is 1.12 bits per heavy atom. The fraction of sp³-hybridized carbons (Fsp3) is 0.172. The normalized spacial score (nSPS) is 11.1. The van der Waals surface area contributed by atoms with Gasteiger partial charge < -0.3 is 20.3 Å². The van der Waals surface area contributed by atoms with Gasteiger partial charge in [0.2, 0.25) is 17.7 Å². The molecule has 2 N–H and O–H groups in total. The molecule has 4 rings (SSSR count). The van der Waals surface area contributed by atoms with Gasteiger partial charge in [-0.25, -0.2) is 4.98 Å². The monoisotopic (exact) mass is 657 g/mol. The second-order valence-corrected chi connectivity index (χ2v) is 10.5. The Morgan fingerprint density at radius 2 is 1.85 bits per heavy atom. The van der Waals surface area contributed by atoms with Crippen LogP contribution < -0.4 is 20.3 Å². The lowest BCUT2D eigenvalue weighted by Crippen LogP contribution is -2.37. The van der Waals surface area contributed by atoms with Crippen LogP contribution in [0.4, 0.5) is 11.4 Å². The van der Waals surface area contributed by atoms with Crippen LogP contribution in [0.2, 0.25) is 10.0 Å². The number of anilines is 2. The van der Waals surface area contributed by atoms with E-state index in [9.17, 15) is 14.4 Å². The number of hydrogen-bond acceptors (Lipinski definition) is 5. The summed E-state index contributed by atoms with van der Waals surface area (Å²) in [5.41, 5.74) is 3.79. The third kappa shape index (κ3) is 7.27. The number of nitrogens with one attached hydrogen (secondary N) is 2. The van der Waals surface area contributed by atoms with E-state index in [2.05, 4.69) is 31.5 Å². The van der Waals surface area contributed by atoms with Crippen LogP contribution in [-0.2, 0) is 21.0 Å². The molecular weight excluding hydrogens is 633 g/mol. The molecule has 0 unspecified atom stereocenters. The molecule has 0 aliphatic rings. The van der Waals surface area contributed by atoms with E-state index in [1.807, 2.05) is 23.6 Å². The molecule has 0 radical (unpaired) electrons. The number of halogens is 3. The Bertz CT molecular complexity index is 1650. The molecule has 0 fully saturated rings. The molecule has 0 bridgehead atoms. The van der Waals surface area contributed by atoms with Gasteiger partial charge in [0.1, 0.15) is 11.2 Å². The van der Waals surface area contributed by atoms with E-state index in [0.29, 0.717) is 33.4 Å². The molecule has 0 spiro atoms. The predicted molar refractivity (Wildman–Crippen MR) is 165 cm³/mol. The second kappa shape index (κ2) is 13.2. The molecule has 0 saturated heterocycles. The summed E-state index contributed by atoms with van der Waals surface area (Å²) in [6.45, 7) is 3.11. The number of amides is 3. The average molecular weight is 659 g/mol. The first-order valence-electron chi connectivity index (χ1n) is 12.4. The molecule has 2 aromatic carbocycles. The van der Waals surface area contributed by atoms with Gasteiger partial charge in [-0.05, 0) is 70.9 Å². The van der Waals surface area contributed by atoms with E-state index in [-0.39, 0.29) is 30.0 Å². The summed E-state index contributed by atoms with van der Waals surface area (Å²) >= 11 is 16.6. The first-order valence-corrected chi connectivity index (χ1v) is 13.9. The van der Waals surface area contributed by atoms with Crippen molar-refractivity contribution in [3.63, 3.8) is 0 Å². The van der Waals surface area contributed by atoms with Crippen LogP contribution in [0.3, 0.4) is 0 Å². The van der Waals surface area contributed by atoms with Crippen molar-refractivity contribution in [1.82, 2.24) is 14.7 Å². The molecule has 4 aromatic rings. The first kappa shape index (κ1) is 30.1. The van der Waals surface area contributed by atoms with E-state index in [4.69, 9.17) is 27.9 Å². The Hall–Kier alpha value is -3.86. The van der Waals surface area contributed by atoms with Gasteiger partial charge in [-0.15, -0.1) is 0 Å². The highest BCUT2D eigenvalue weighted by molar-refractivity contribution is 9.10. The number of nitrogens with zero attached hydrogens (tertiary/aromatic N) is 3. The maximum absolute atomic E-state index is 12.9. The summed E-state index contributed by atoms with van der Waals surface area (Å²) in [7, 11) is 1.56. The van der Waals surface area contributed by atoms with Gasteiger partial charge in [0.15, 0.2) is 11.4 Å². The molecule has 0 saturated carbocycles. The smallest absolute Gasteiger partial charge is 0.246 e. The minimum Gasteiger partial charge on any atom is -0.485 e. The van der Waals surface area contributed by atoms with Crippen molar-refractivity contribution >= 4 is 80.0 Å². The summed E-state index contributed by atoms with van der Waals surface area (Å²) in [6.07, 6.45) is 4.80. The minimum absolute atomic E-state index is 0.0457. The molecule has 12 heteroatoms. The molecule has 41 heavy (non-hydrogen) atoms. The van der Waals surface area contributed by atoms with Crippen molar-refractivity contribution in [2.45, 2.75) is 20.5 Å². The van der Waals surface area contributed by atoms with E-state index in [1.54, 1.807) is 55.6 Å². The number of carbonyl (C=O) groups is 3. The SMILES string of the molecule is CC(=O)Nc1ccc(/C=C/C(=O)NCC(=O)N(C)c2ccc(Cl)c(COc3cccn4c(Br)c(C)nc34)c2Cl)cc1. The number of ether oxygens (including phenoxy) is 1. The zero-order chi connectivity index (χ0) is 29.7. The standard InChI is InChI=1S/C29H26BrCl2N5O4/c1-17-28(30)37-14-4-5-24(29(37)34-17)41-16-21-22(31)11-12-23(27(21)32)36(3)26(40)15-33-25(39)13-8-19-6-9-20(10-7-19)35-18(2)38/h4-14H,15-16H2,1-3H3,(H,33,39)(H,35,38)/b13-8+. The van der Waals surface area contributed by atoms with Gasteiger partial charge in [-0.3, -0.25) is 18.8 Å². The summed E-state index contributed by atoms with van der Waals surface area (Å²) in [4.78, 5) is 42.2. The number of aryl methyl sites for hydroxylation is 1. The van der Waals surface area contributed by atoms with Crippen LogP contribution >= 0.6 is 39.1 Å². The number of carbonyl (C=O) groups excluding carboxylic acids is 3. The summed E-state index contributed by atoms with van der Waals surface area (Å²) in [5.74, 6) is -0.449. The lowest BCUT2D eigenvalue weighted by Gasteiger charge is -2.21. The molecule has 212 valence electrons. The predicted octanol–water partition coefficient (Wildman–Crippen LogP) is 6.04. The van der Waals surface area contributed by atoms with Crippen molar-refractivity contribution in [3.05, 3.63) is 92.3 Å². The molecule has 9 nitrogen and oxygen atoms in total. The van der Waals surface area contributed by atoms with E-state index in [1.165, 1.54) is 17.9 Å². The quantitative estimate of drug-likeness (QED) is 0.213. The molecule has 0 aliphatic heterocycles. The molecule has 2 aromatic heterocycles. The molecule has 3 amide bonds.